The number of anilines is 2. The Labute approximate surface area is 193 Å². The Hall–Kier alpha value is -3.52. The summed E-state index contributed by atoms with van der Waals surface area (Å²) in [7, 11) is 0. The van der Waals surface area contributed by atoms with E-state index in [-0.39, 0.29) is 6.04 Å². The highest BCUT2D eigenvalue weighted by atomic mass is 15.2. The number of nitrogens with one attached hydrogen (secondary N) is 1. The Morgan fingerprint density at radius 3 is 2.59 bits per heavy atom. The number of fused-ring (bicyclic) bond motifs is 1. The molecule has 2 nitrogen and oxygen atoms in total. The number of allylic oxidation sites excluding steroid dienone is 5. The highest BCUT2D eigenvalue weighted by Crippen LogP contribution is 2.45. The van der Waals surface area contributed by atoms with Crippen LogP contribution >= 0.6 is 0 Å². The summed E-state index contributed by atoms with van der Waals surface area (Å²) in [6.45, 7) is 15.2. The van der Waals surface area contributed by atoms with Gasteiger partial charge >= 0.3 is 0 Å². The van der Waals surface area contributed by atoms with Gasteiger partial charge in [-0.2, -0.15) is 0 Å². The first-order chi connectivity index (χ1) is 15.6. The van der Waals surface area contributed by atoms with Crippen molar-refractivity contribution in [3.8, 4) is 0 Å². The fourth-order valence-electron chi connectivity index (χ4n) is 3.90. The standard InChI is InChI=1S/C30H34N2/c1-5-6-15-24(2)25(3)16-12-13-22-31-23-14-21-29-26(4)28-19-10-11-20-30(28)32(29)27-17-8-7-9-18-27/h5,7-14,16-20,23,29,31H,1-2,4,6,15,21-22H2,3H3/b13-12-,23-14+,25-16+. The van der Waals surface area contributed by atoms with Gasteiger partial charge in [0.05, 0.1) is 6.04 Å². The molecule has 1 N–H and O–H groups in total. The van der Waals surface area contributed by atoms with Crippen molar-refractivity contribution in [3.05, 3.63) is 128 Å². The van der Waals surface area contributed by atoms with Crippen LogP contribution in [0.2, 0.25) is 0 Å². The van der Waals surface area contributed by atoms with Crippen LogP contribution in [0.4, 0.5) is 11.4 Å². The minimum absolute atomic E-state index is 0.218. The predicted octanol–water partition coefficient (Wildman–Crippen LogP) is 7.74. The van der Waals surface area contributed by atoms with Crippen molar-refractivity contribution in [2.45, 2.75) is 32.2 Å². The van der Waals surface area contributed by atoms with E-state index in [1.165, 1.54) is 33.7 Å². The first-order valence-corrected chi connectivity index (χ1v) is 11.3. The Kier molecular flexibility index (Phi) is 8.51. The largest absolute Gasteiger partial charge is 0.388 e. The summed E-state index contributed by atoms with van der Waals surface area (Å²) in [5.41, 5.74) is 7.23. The van der Waals surface area contributed by atoms with Crippen molar-refractivity contribution in [2.24, 2.45) is 0 Å². The molecule has 2 aromatic carbocycles. The van der Waals surface area contributed by atoms with Crippen LogP contribution in [0.3, 0.4) is 0 Å². The molecular formula is C30H34N2. The lowest BCUT2D eigenvalue weighted by molar-refractivity contribution is 0.829. The summed E-state index contributed by atoms with van der Waals surface area (Å²) in [6, 6.07) is 19.3. The van der Waals surface area contributed by atoms with Crippen LogP contribution in [0, 0.1) is 0 Å². The molecule has 0 fully saturated rings. The number of rotatable bonds is 11. The third kappa shape index (κ3) is 5.79. The van der Waals surface area contributed by atoms with Gasteiger partial charge in [-0.1, -0.05) is 85.5 Å². The summed E-state index contributed by atoms with van der Waals surface area (Å²) in [5, 5.41) is 3.36. The van der Waals surface area contributed by atoms with Gasteiger partial charge in [-0.3, -0.25) is 0 Å². The molecule has 1 atom stereocenters. The molecule has 32 heavy (non-hydrogen) atoms. The van der Waals surface area contributed by atoms with Crippen LogP contribution in [0.5, 0.6) is 0 Å². The van der Waals surface area contributed by atoms with E-state index < -0.39 is 0 Å². The minimum atomic E-state index is 0.218. The van der Waals surface area contributed by atoms with E-state index in [2.05, 4.69) is 116 Å². The third-order valence-corrected chi connectivity index (χ3v) is 5.78. The second kappa shape index (κ2) is 11.8. The molecule has 0 radical (unpaired) electrons. The van der Waals surface area contributed by atoms with Crippen LogP contribution in [0.25, 0.3) is 5.57 Å². The summed E-state index contributed by atoms with van der Waals surface area (Å²) in [5.74, 6) is 0. The van der Waals surface area contributed by atoms with Gasteiger partial charge in [0, 0.05) is 23.5 Å². The molecular weight excluding hydrogens is 388 g/mol. The van der Waals surface area contributed by atoms with E-state index in [1.807, 2.05) is 12.3 Å². The maximum absolute atomic E-state index is 4.42. The molecule has 0 amide bonds. The molecule has 1 heterocycles. The molecule has 1 aliphatic heterocycles. The van der Waals surface area contributed by atoms with Gasteiger partial charge in [0.1, 0.15) is 0 Å². The van der Waals surface area contributed by atoms with Gasteiger partial charge in [-0.05, 0) is 61.7 Å². The Morgan fingerprint density at radius 1 is 1.06 bits per heavy atom. The van der Waals surface area contributed by atoms with Crippen LogP contribution in [-0.4, -0.2) is 12.6 Å². The summed E-state index contributed by atoms with van der Waals surface area (Å²) >= 11 is 0. The zero-order valence-corrected chi connectivity index (χ0v) is 19.1. The number of hydrogen-bond donors (Lipinski definition) is 1. The molecule has 3 rings (SSSR count). The van der Waals surface area contributed by atoms with E-state index in [0.29, 0.717) is 0 Å². The first-order valence-electron chi connectivity index (χ1n) is 11.3. The normalized spacial score (nSPS) is 16.0. The summed E-state index contributed by atoms with van der Waals surface area (Å²) in [4.78, 5) is 2.40. The second-order valence-corrected chi connectivity index (χ2v) is 8.02. The van der Waals surface area contributed by atoms with Crippen molar-refractivity contribution in [3.63, 3.8) is 0 Å². The lowest BCUT2D eigenvalue weighted by atomic mass is 10.0. The van der Waals surface area contributed by atoms with Gasteiger partial charge in [-0.15, -0.1) is 6.58 Å². The molecule has 0 aliphatic carbocycles. The molecule has 0 aromatic heterocycles. The van der Waals surface area contributed by atoms with Crippen molar-refractivity contribution < 1.29 is 0 Å². The van der Waals surface area contributed by atoms with Crippen molar-refractivity contribution in [1.29, 1.82) is 0 Å². The quantitative estimate of drug-likeness (QED) is 0.226. The van der Waals surface area contributed by atoms with Gasteiger partial charge < -0.3 is 10.2 Å². The monoisotopic (exact) mass is 422 g/mol. The molecule has 0 spiro atoms. The highest BCUT2D eigenvalue weighted by Gasteiger charge is 2.32. The number of hydrogen-bond acceptors (Lipinski definition) is 2. The van der Waals surface area contributed by atoms with E-state index >= 15 is 0 Å². The Morgan fingerprint density at radius 2 is 1.81 bits per heavy atom. The van der Waals surface area contributed by atoms with Crippen molar-refractivity contribution >= 4 is 16.9 Å². The van der Waals surface area contributed by atoms with E-state index in [1.54, 1.807) is 0 Å². The topological polar surface area (TPSA) is 15.3 Å². The number of nitrogens with zero attached hydrogens (tertiary/aromatic N) is 1. The summed E-state index contributed by atoms with van der Waals surface area (Å²) < 4.78 is 0. The molecule has 0 saturated heterocycles. The Balaban J connectivity index is 1.55. The fourth-order valence-corrected chi connectivity index (χ4v) is 3.90. The van der Waals surface area contributed by atoms with Gasteiger partial charge in [0.15, 0.2) is 0 Å². The zero-order chi connectivity index (χ0) is 22.8. The first kappa shape index (κ1) is 23.1. The van der Waals surface area contributed by atoms with Crippen molar-refractivity contribution in [1.82, 2.24) is 5.32 Å². The highest BCUT2D eigenvalue weighted by molar-refractivity contribution is 5.91. The maximum atomic E-state index is 4.42. The smallest absolute Gasteiger partial charge is 0.0627 e. The second-order valence-electron chi connectivity index (χ2n) is 8.02. The molecule has 1 aliphatic rings. The summed E-state index contributed by atoms with van der Waals surface area (Å²) in [6.07, 6.45) is 15.3. The lowest BCUT2D eigenvalue weighted by Gasteiger charge is -2.27. The maximum Gasteiger partial charge on any atom is 0.0627 e. The average molecular weight is 423 g/mol. The Bertz CT molecular complexity index is 1020. The minimum Gasteiger partial charge on any atom is -0.388 e. The number of para-hydroxylation sites is 2. The van der Waals surface area contributed by atoms with Crippen LogP contribution in [-0.2, 0) is 0 Å². The van der Waals surface area contributed by atoms with Gasteiger partial charge in [0.2, 0.25) is 0 Å². The predicted molar refractivity (Wildman–Crippen MR) is 141 cm³/mol. The molecule has 0 saturated carbocycles. The molecule has 2 aromatic rings. The fraction of sp³-hybridized carbons (Fsp3) is 0.200. The molecule has 1 unspecified atom stereocenters. The number of benzene rings is 2. The molecule has 0 bridgehead atoms. The zero-order valence-electron chi connectivity index (χ0n) is 19.1. The van der Waals surface area contributed by atoms with Crippen LogP contribution in [0.1, 0.15) is 31.7 Å². The molecule has 164 valence electrons. The van der Waals surface area contributed by atoms with Crippen molar-refractivity contribution in [2.75, 3.05) is 11.4 Å². The van der Waals surface area contributed by atoms with E-state index in [9.17, 15) is 0 Å². The van der Waals surface area contributed by atoms with Crippen LogP contribution < -0.4 is 10.2 Å². The third-order valence-electron chi connectivity index (χ3n) is 5.78. The van der Waals surface area contributed by atoms with Gasteiger partial charge in [0.25, 0.3) is 0 Å². The molecule has 2 heteroatoms. The average Bonchev–Trinajstić information content (AvgIpc) is 3.11. The van der Waals surface area contributed by atoms with Crippen LogP contribution in [0.15, 0.2) is 122 Å². The lowest BCUT2D eigenvalue weighted by Crippen LogP contribution is -2.26. The van der Waals surface area contributed by atoms with E-state index in [0.717, 1.165) is 25.8 Å². The van der Waals surface area contributed by atoms with E-state index in [4.69, 9.17) is 0 Å². The SMILES string of the molecule is C=CCCC(=C)/C(C)=C/C=C\CN/C=C/CC1C(=C)c2ccccc2N1c1ccccc1. The van der Waals surface area contributed by atoms with Gasteiger partial charge in [-0.25, -0.2) is 0 Å².